The number of anilines is 1. The van der Waals surface area contributed by atoms with Gasteiger partial charge in [0, 0.05) is 29.9 Å². The van der Waals surface area contributed by atoms with E-state index in [9.17, 15) is 9.59 Å². The topological polar surface area (TPSA) is 68.3 Å². The molecule has 0 fully saturated rings. The number of carbonyl (C=O) groups is 1. The maximum atomic E-state index is 12.8. The average Bonchev–Trinajstić information content (AvgIpc) is 3.33. The second-order valence-corrected chi connectivity index (χ2v) is 7.98. The standard InChI is InChI=1S/C20H19N3O3S/c1-20(2)14-7-4-5-8-15(14)22(3)17(20)11-13(24)12-23-18(21-26-19(23)25)16-9-6-10-27-16/h4-11H,12H2,1-3H3/b17-11-. The molecular weight excluding hydrogens is 362 g/mol. The van der Waals surface area contributed by atoms with Crippen molar-refractivity contribution in [2.24, 2.45) is 0 Å². The minimum atomic E-state index is -0.632. The molecular formula is C20H19N3O3S. The van der Waals surface area contributed by atoms with Gasteiger partial charge in [-0.15, -0.1) is 11.3 Å². The summed E-state index contributed by atoms with van der Waals surface area (Å²) >= 11 is 1.44. The predicted octanol–water partition coefficient (Wildman–Crippen LogP) is 3.45. The van der Waals surface area contributed by atoms with E-state index in [-0.39, 0.29) is 17.7 Å². The number of hydrogen-bond acceptors (Lipinski definition) is 6. The highest BCUT2D eigenvalue weighted by Gasteiger charge is 2.38. The average molecular weight is 381 g/mol. The number of allylic oxidation sites excluding steroid dienone is 2. The van der Waals surface area contributed by atoms with Crippen molar-refractivity contribution < 1.29 is 9.32 Å². The minimum absolute atomic E-state index is 0.112. The number of thiophene rings is 1. The number of para-hydroxylation sites is 1. The number of rotatable bonds is 4. The first-order chi connectivity index (χ1) is 12.9. The molecule has 1 aliphatic rings. The molecule has 138 valence electrons. The van der Waals surface area contributed by atoms with Gasteiger partial charge < -0.3 is 4.90 Å². The number of ketones is 1. The van der Waals surface area contributed by atoms with Gasteiger partial charge in [-0.25, -0.2) is 9.36 Å². The van der Waals surface area contributed by atoms with Crippen LogP contribution < -0.4 is 10.7 Å². The normalized spacial score (nSPS) is 16.7. The van der Waals surface area contributed by atoms with E-state index in [4.69, 9.17) is 4.52 Å². The SMILES string of the molecule is CN1/C(=C\C(=O)Cn2c(-c3cccs3)noc2=O)C(C)(C)c2ccccc21. The summed E-state index contributed by atoms with van der Waals surface area (Å²) in [6.45, 7) is 4.08. The molecule has 0 N–H and O–H groups in total. The van der Waals surface area contributed by atoms with Gasteiger partial charge in [-0.3, -0.25) is 9.32 Å². The van der Waals surface area contributed by atoms with Crippen molar-refractivity contribution in [3.05, 3.63) is 69.7 Å². The Balaban J connectivity index is 1.67. The van der Waals surface area contributed by atoms with E-state index in [1.807, 2.05) is 47.7 Å². The Bertz CT molecular complexity index is 1090. The Labute approximate surface area is 160 Å². The first-order valence-electron chi connectivity index (χ1n) is 8.58. The molecule has 0 atom stereocenters. The van der Waals surface area contributed by atoms with E-state index >= 15 is 0 Å². The molecule has 2 aromatic heterocycles. The van der Waals surface area contributed by atoms with Crippen LogP contribution in [0, 0.1) is 0 Å². The number of fused-ring (bicyclic) bond motifs is 1. The zero-order chi connectivity index (χ0) is 19.2. The van der Waals surface area contributed by atoms with Gasteiger partial charge in [0.1, 0.15) is 0 Å². The van der Waals surface area contributed by atoms with Crippen molar-refractivity contribution in [2.75, 3.05) is 11.9 Å². The number of likely N-dealkylation sites (N-methyl/N-ethyl adjacent to an activating group) is 1. The van der Waals surface area contributed by atoms with Crippen LogP contribution in [0.25, 0.3) is 10.7 Å². The molecule has 0 unspecified atom stereocenters. The Hall–Kier alpha value is -2.93. The lowest BCUT2D eigenvalue weighted by atomic mass is 9.83. The zero-order valence-corrected chi connectivity index (χ0v) is 16.1. The van der Waals surface area contributed by atoms with Crippen LogP contribution in [-0.2, 0) is 16.8 Å². The van der Waals surface area contributed by atoms with Gasteiger partial charge in [0.25, 0.3) is 0 Å². The zero-order valence-electron chi connectivity index (χ0n) is 15.3. The third kappa shape index (κ3) is 2.84. The van der Waals surface area contributed by atoms with Gasteiger partial charge in [-0.2, -0.15) is 0 Å². The van der Waals surface area contributed by atoms with Crippen molar-refractivity contribution in [3.63, 3.8) is 0 Å². The van der Waals surface area contributed by atoms with Gasteiger partial charge in [0.2, 0.25) is 0 Å². The van der Waals surface area contributed by atoms with E-state index in [1.165, 1.54) is 21.5 Å². The minimum Gasteiger partial charge on any atom is -0.347 e. The molecule has 7 heteroatoms. The Kier molecular flexibility index (Phi) is 4.11. The van der Waals surface area contributed by atoms with E-state index in [0.29, 0.717) is 5.82 Å². The number of carbonyl (C=O) groups excluding carboxylic acids is 1. The van der Waals surface area contributed by atoms with Gasteiger partial charge in [0.15, 0.2) is 11.6 Å². The second kappa shape index (κ2) is 6.35. The highest BCUT2D eigenvalue weighted by Crippen LogP contribution is 2.46. The van der Waals surface area contributed by atoms with Gasteiger partial charge in [-0.1, -0.05) is 43.3 Å². The molecule has 0 amide bonds. The van der Waals surface area contributed by atoms with Crippen LogP contribution in [0.1, 0.15) is 19.4 Å². The van der Waals surface area contributed by atoms with E-state index in [1.54, 1.807) is 6.08 Å². The first-order valence-corrected chi connectivity index (χ1v) is 9.46. The Morgan fingerprint density at radius 2 is 2.04 bits per heavy atom. The molecule has 0 saturated carbocycles. The smallest absolute Gasteiger partial charge is 0.347 e. The quantitative estimate of drug-likeness (QED) is 0.648. The van der Waals surface area contributed by atoms with Gasteiger partial charge in [-0.05, 0) is 23.1 Å². The molecule has 0 aliphatic carbocycles. The van der Waals surface area contributed by atoms with Crippen LogP contribution in [0.15, 0.2) is 62.9 Å². The Morgan fingerprint density at radius 3 is 2.74 bits per heavy atom. The van der Waals surface area contributed by atoms with E-state index < -0.39 is 5.76 Å². The fraction of sp³-hybridized carbons (Fsp3) is 0.250. The van der Waals surface area contributed by atoms with Crippen LogP contribution in [0.4, 0.5) is 5.69 Å². The summed E-state index contributed by atoms with van der Waals surface area (Å²) in [5.74, 6) is -0.433. The molecule has 3 aromatic rings. The first kappa shape index (κ1) is 17.5. The highest BCUT2D eigenvalue weighted by atomic mass is 32.1. The van der Waals surface area contributed by atoms with Crippen molar-refractivity contribution in [1.82, 2.24) is 9.72 Å². The summed E-state index contributed by atoms with van der Waals surface area (Å²) in [5, 5.41) is 5.71. The van der Waals surface area contributed by atoms with Crippen LogP contribution in [0.2, 0.25) is 0 Å². The number of hydrogen-bond donors (Lipinski definition) is 0. The molecule has 0 spiro atoms. The molecule has 0 bridgehead atoms. The number of benzene rings is 1. The van der Waals surface area contributed by atoms with Gasteiger partial charge >= 0.3 is 5.76 Å². The Morgan fingerprint density at radius 1 is 1.26 bits per heavy atom. The van der Waals surface area contributed by atoms with Crippen molar-refractivity contribution >= 4 is 22.8 Å². The van der Waals surface area contributed by atoms with Crippen LogP contribution in [0.3, 0.4) is 0 Å². The summed E-state index contributed by atoms with van der Waals surface area (Å²) in [6, 6.07) is 11.8. The number of aromatic nitrogens is 2. The monoisotopic (exact) mass is 381 g/mol. The van der Waals surface area contributed by atoms with E-state index in [2.05, 4.69) is 25.1 Å². The van der Waals surface area contributed by atoms with Gasteiger partial charge in [0.05, 0.1) is 11.4 Å². The summed E-state index contributed by atoms with van der Waals surface area (Å²) < 4.78 is 6.06. The third-order valence-electron chi connectivity index (χ3n) is 4.98. The predicted molar refractivity (Wildman–Crippen MR) is 105 cm³/mol. The van der Waals surface area contributed by atoms with Crippen molar-refractivity contribution in [2.45, 2.75) is 25.8 Å². The largest absolute Gasteiger partial charge is 0.442 e. The summed E-state index contributed by atoms with van der Waals surface area (Å²) in [6.07, 6.45) is 1.62. The molecule has 1 aliphatic heterocycles. The van der Waals surface area contributed by atoms with E-state index in [0.717, 1.165) is 16.3 Å². The number of nitrogens with zero attached hydrogens (tertiary/aromatic N) is 3. The molecule has 0 radical (unpaired) electrons. The molecule has 4 rings (SSSR count). The summed E-state index contributed by atoms with van der Waals surface area (Å²) in [4.78, 5) is 27.6. The van der Waals surface area contributed by atoms with Crippen LogP contribution in [-0.4, -0.2) is 22.6 Å². The van der Waals surface area contributed by atoms with Crippen LogP contribution >= 0.6 is 11.3 Å². The van der Waals surface area contributed by atoms with Crippen molar-refractivity contribution in [1.29, 1.82) is 0 Å². The lowest BCUT2D eigenvalue weighted by Crippen LogP contribution is -2.26. The molecule has 1 aromatic carbocycles. The molecule has 0 saturated heterocycles. The third-order valence-corrected chi connectivity index (χ3v) is 5.85. The maximum Gasteiger partial charge on any atom is 0.442 e. The van der Waals surface area contributed by atoms with Crippen LogP contribution in [0.5, 0.6) is 0 Å². The second-order valence-electron chi connectivity index (χ2n) is 7.03. The molecule has 27 heavy (non-hydrogen) atoms. The summed E-state index contributed by atoms with van der Waals surface area (Å²) in [7, 11) is 1.95. The van der Waals surface area contributed by atoms with Crippen molar-refractivity contribution in [3.8, 4) is 10.7 Å². The fourth-order valence-electron chi connectivity index (χ4n) is 3.60. The lowest BCUT2D eigenvalue weighted by molar-refractivity contribution is -0.115. The molecule has 6 nitrogen and oxygen atoms in total. The fourth-order valence-corrected chi connectivity index (χ4v) is 4.32. The molecule has 3 heterocycles. The lowest BCUT2D eigenvalue weighted by Gasteiger charge is -2.24. The maximum absolute atomic E-state index is 12.8. The highest BCUT2D eigenvalue weighted by molar-refractivity contribution is 7.13. The summed E-state index contributed by atoms with van der Waals surface area (Å²) in [5.41, 5.74) is 2.86.